The lowest BCUT2D eigenvalue weighted by atomic mass is 9.72. The van der Waals surface area contributed by atoms with Crippen LogP contribution in [-0.4, -0.2) is 17.2 Å². The summed E-state index contributed by atoms with van der Waals surface area (Å²) in [6.07, 6.45) is 1.77. The highest BCUT2D eigenvalue weighted by molar-refractivity contribution is 6.62. The molecule has 0 spiro atoms. The molecule has 0 aromatic heterocycles. The minimum absolute atomic E-state index is 0.601. The highest BCUT2D eigenvalue weighted by atomic mass is 16.4. The molecule has 0 bridgehead atoms. The van der Waals surface area contributed by atoms with Gasteiger partial charge in [0, 0.05) is 0 Å². The lowest BCUT2D eigenvalue weighted by Gasteiger charge is -2.23. The second kappa shape index (κ2) is 4.73. The van der Waals surface area contributed by atoms with E-state index < -0.39 is 7.12 Å². The predicted molar refractivity (Wildman–Crippen MR) is 85.8 cm³/mol. The van der Waals surface area contributed by atoms with Gasteiger partial charge in [-0.25, -0.2) is 0 Å². The van der Waals surface area contributed by atoms with Gasteiger partial charge < -0.3 is 10.0 Å². The fourth-order valence-electron chi connectivity index (χ4n) is 3.40. The van der Waals surface area contributed by atoms with Gasteiger partial charge in [-0.15, -0.1) is 0 Å². The number of rotatable bonds is 1. The van der Waals surface area contributed by atoms with Crippen LogP contribution in [-0.2, 0) is 12.8 Å². The van der Waals surface area contributed by atoms with Gasteiger partial charge in [-0.1, -0.05) is 54.6 Å². The molecule has 0 atom stereocenters. The smallest absolute Gasteiger partial charge is 0.423 e. The van der Waals surface area contributed by atoms with E-state index in [1.54, 1.807) is 0 Å². The van der Waals surface area contributed by atoms with Crippen molar-refractivity contribution in [2.24, 2.45) is 0 Å². The van der Waals surface area contributed by atoms with Crippen molar-refractivity contribution in [1.82, 2.24) is 0 Å². The average Bonchev–Trinajstić information content (AvgIpc) is 2.52. The fraction of sp³-hybridized carbons (Fsp3) is 0.111. The minimum atomic E-state index is -1.43. The van der Waals surface area contributed by atoms with E-state index in [4.69, 9.17) is 0 Å². The average molecular weight is 274 g/mol. The van der Waals surface area contributed by atoms with Crippen LogP contribution in [0.15, 0.2) is 54.6 Å². The Balaban J connectivity index is 2.00. The molecule has 1 aliphatic rings. The summed E-state index contributed by atoms with van der Waals surface area (Å²) in [5, 5.41) is 21.4. The number of fused-ring (bicyclic) bond motifs is 4. The second-order valence-electron chi connectivity index (χ2n) is 5.64. The first-order valence-corrected chi connectivity index (χ1v) is 7.20. The van der Waals surface area contributed by atoms with Crippen LogP contribution in [0, 0.1) is 0 Å². The molecule has 0 saturated carbocycles. The van der Waals surface area contributed by atoms with Crippen molar-refractivity contribution < 1.29 is 10.0 Å². The first-order chi connectivity index (χ1) is 10.2. The maximum Gasteiger partial charge on any atom is 0.489 e. The van der Waals surface area contributed by atoms with Crippen LogP contribution in [0.1, 0.15) is 22.3 Å². The van der Waals surface area contributed by atoms with E-state index >= 15 is 0 Å². The van der Waals surface area contributed by atoms with Crippen LogP contribution in [0.4, 0.5) is 0 Å². The van der Waals surface area contributed by atoms with E-state index in [1.807, 2.05) is 24.3 Å². The molecule has 0 amide bonds. The SMILES string of the molecule is OB(O)c1cc2c(c3ccccc13)Cc1ccccc1C2. The summed E-state index contributed by atoms with van der Waals surface area (Å²) < 4.78 is 0. The first kappa shape index (κ1) is 12.6. The van der Waals surface area contributed by atoms with Crippen molar-refractivity contribution in [3.05, 3.63) is 76.9 Å². The van der Waals surface area contributed by atoms with E-state index in [9.17, 15) is 10.0 Å². The molecular formula is C18H15BO2. The quantitative estimate of drug-likeness (QED) is 0.521. The Morgan fingerprint density at radius 3 is 2.05 bits per heavy atom. The molecule has 0 saturated heterocycles. The van der Waals surface area contributed by atoms with E-state index in [0.29, 0.717) is 5.46 Å². The van der Waals surface area contributed by atoms with Crippen LogP contribution in [0.3, 0.4) is 0 Å². The molecule has 0 aliphatic heterocycles. The van der Waals surface area contributed by atoms with Crippen molar-refractivity contribution in [1.29, 1.82) is 0 Å². The largest absolute Gasteiger partial charge is 0.489 e. The Morgan fingerprint density at radius 1 is 0.714 bits per heavy atom. The highest BCUT2D eigenvalue weighted by Crippen LogP contribution is 2.31. The summed E-state index contributed by atoms with van der Waals surface area (Å²) in [7, 11) is -1.43. The Morgan fingerprint density at radius 2 is 1.33 bits per heavy atom. The zero-order valence-electron chi connectivity index (χ0n) is 11.6. The van der Waals surface area contributed by atoms with Gasteiger partial charge >= 0.3 is 7.12 Å². The van der Waals surface area contributed by atoms with Gasteiger partial charge in [0.1, 0.15) is 0 Å². The van der Waals surface area contributed by atoms with Gasteiger partial charge in [0.15, 0.2) is 0 Å². The molecule has 1 aliphatic carbocycles. The number of benzene rings is 3. The van der Waals surface area contributed by atoms with Gasteiger partial charge in [-0.05, 0) is 51.3 Å². The molecule has 102 valence electrons. The van der Waals surface area contributed by atoms with Gasteiger partial charge in [-0.3, -0.25) is 0 Å². The van der Waals surface area contributed by atoms with Crippen LogP contribution in [0.5, 0.6) is 0 Å². The zero-order chi connectivity index (χ0) is 14.4. The topological polar surface area (TPSA) is 40.5 Å². The Hall–Kier alpha value is -2.10. The Kier molecular flexibility index (Phi) is 2.84. The Labute approximate surface area is 123 Å². The standard InChI is InChI=1S/C18H15BO2/c20-19(21)18-11-14-9-12-5-1-2-6-13(12)10-17(14)15-7-3-4-8-16(15)18/h1-8,11,20-21H,9-10H2. The van der Waals surface area contributed by atoms with Gasteiger partial charge in [0.2, 0.25) is 0 Å². The molecule has 2 nitrogen and oxygen atoms in total. The van der Waals surface area contributed by atoms with Crippen molar-refractivity contribution in [3.8, 4) is 0 Å². The summed E-state index contributed by atoms with van der Waals surface area (Å²) in [5.74, 6) is 0. The van der Waals surface area contributed by atoms with Crippen molar-refractivity contribution in [3.63, 3.8) is 0 Å². The maximum absolute atomic E-state index is 9.67. The van der Waals surface area contributed by atoms with E-state index in [1.165, 1.54) is 22.3 Å². The molecule has 3 aromatic carbocycles. The summed E-state index contributed by atoms with van der Waals surface area (Å²) in [4.78, 5) is 0. The highest BCUT2D eigenvalue weighted by Gasteiger charge is 2.22. The third-order valence-corrected chi connectivity index (χ3v) is 4.43. The lowest BCUT2D eigenvalue weighted by molar-refractivity contribution is 0.426. The first-order valence-electron chi connectivity index (χ1n) is 7.20. The fourth-order valence-corrected chi connectivity index (χ4v) is 3.40. The van der Waals surface area contributed by atoms with Crippen LogP contribution in [0.2, 0.25) is 0 Å². The summed E-state index contributed by atoms with van der Waals surface area (Å²) in [6, 6.07) is 18.4. The minimum Gasteiger partial charge on any atom is -0.423 e. The Bertz CT molecular complexity index is 840. The van der Waals surface area contributed by atoms with Crippen molar-refractivity contribution >= 4 is 23.4 Å². The molecule has 0 fully saturated rings. The second-order valence-corrected chi connectivity index (χ2v) is 5.64. The molecule has 3 heteroatoms. The van der Waals surface area contributed by atoms with E-state index in [-0.39, 0.29) is 0 Å². The van der Waals surface area contributed by atoms with Gasteiger partial charge in [-0.2, -0.15) is 0 Å². The monoisotopic (exact) mass is 274 g/mol. The number of hydrogen-bond acceptors (Lipinski definition) is 2. The van der Waals surface area contributed by atoms with Crippen LogP contribution >= 0.6 is 0 Å². The molecule has 4 rings (SSSR count). The van der Waals surface area contributed by atoms with Gasteiger partial charge in [0.05, 0.1) is 0 Å². The molecule has 21 heavy (non-hydrogen) atoms. The van der Waals surface area contributed by atoms with Gasteiger partial charge in [0.25, 0.3) is 0 Å². The van der Waals surface area contributed by atoms with E-state index in [2.05, 4.69) is 30.3 Å². The molecule has 2 N–H and O–H groups in total. The van der Waals surface area contributed by atoms with Crippen LogP contribution < -0.4 is 5.46 Å². The number of hydrogen-bond donors (Lipinski definition) is 2. The molecule has 0 heterocycles. The van der Waals surface area contributed by atoms with Crippen molar-refractivity contribution in [2.75, 3.05) is 0 Å². The molecule has 3 aromatic rings. The lowest BCUT2D eigenvalue weighted by Crippen LogP contribution is -2.32. The van der Waals surface area contributed by atoms with Crippen molar-refractivity contribution in [2.45, 2.75) is 12.8 Å². The third-order valence-electron chi connectivity index (χ3n) is 4.43. The molecular weight excluding hydrogens is 259 g/mol. The van der Waals surface area contributed by atoms with Crippen LogP contribution in [0.25, 0.3) is 10.8 Å². The predicted octanol–water partition coefficient (Wildman–Crippen LogP) is 2.01. The molecule has 0 unspecified atom stereocenters. The summed E-state index contributed by atoms with van der Waals surface area (Å²) in [6.45, 7) is 0. The summed E-state index contributed by atoms with van der Waals surface area (Å²) >= 11 is 0. The van der Waals surface area contributed by atoms with E-state index in [0.717, 1.165) is 23.6 Å². The molecule has 0 radical (unpaired) electrons. The summed E-state index contributed by atoms with van der Waals surface area (Å²) in [5.41, 5.74) is 5.82. The zero-order valence-corrected chi connectivity index (χ0v) is 11.6. The maximum atomic E-state index is 9.67. The normalized spacial score (nSPS) is 12.9. The third kappa shape index (κ3) is 1.97.